The molecule has 2 aromatic rings. The molecule has 0 amide bonds. The molecule has 1 aromatic carbocycles. The molecule has 1 heterocycles. The monoisotopic (exact) mass is 206 g/mol. The van der Waals surface area contributed by atoms with E-state index in [4.69, 9.17) is 17.3 Å². The summed E-state index contributed by atoms with van der Waals surface area (Å²) in [5, 5.41) is 16.3. The van der Waals surface area contributed by atoms with Crippen molar-refractivity contribution in [3.05, 3.63) is 34.6 Å². The number of aromatic carboxylic acids is 1. The lowest BCUT2D eigenvalue weighted by Crippen LogP contribution is -2.03. The standard InChI is InChI=1S/C9H6N2O2S/c12-9(13)7-5-3-1-2-4-6(5)8(14)11-10-7/h1-4H,(H,11,14)(H,12,13). The Hall–Kier alpha value is -1.75. The minimum atomic E-state index is -1.06. The molecular weight excluding hydrogens is 200 g/mol. The van der Waals surface area contributed by atoms with Crippen LogP contribution in [0.25, 0.3) is 10.8 Å². The molecule has 0 bridgehead atoms. The first-order valence-electron chi connectivity index (χ1n) is 3.91. The van der Waals surface area contributed by atoms with E-state index in [1.54, 1.807) is 24.3 Å². The Morgan fingerprint density at radius 2 is 2.00 bits per heavy atom. The Bertz CT molecular complexity index is 562. The van der Waals surface area contributed by atoms with Crippen molar-refractivity contribution in [3.8, 4) is 0 Å². The van der Waals surface area contributed by atoms with E-state index in [0.29, 0.717) is 15.4 Å². The van der Waals surface area contributed by atoms with Crippen LogP contribution in [-0.2, 0) is 0 Å². The number of carbonyl (C=O) groups is 1. The molecule has 0 aliphatic rings. The second kappa shape index (κ2) is 3.19. The number of nitrogens with one attached hydrogen (secondary N) is 1. The number of nitrogens with zero attached hydrogens (tertiary/aromatic N) is 1. The molecule has 70 valence electrons. The number of fused-ring (bicyclic) bond motifs is 1. The minimum absolute atomic E-state index is 0.00537. The van der Waals surface area contributed by atoms with Crippen molar-refractivity contribution >= 4 is 29.0 Å². The minimum Gasteiger partial charge on any atom is -0.476 e. The number of aromatic nitrogens is 2. The molecule has 4 nitrogen and oxygen atoms in total. The highest BCUT2D eigenvalue weighted by atomic mass is 32.1. The van der Waals surface area contributed by atoms with Crippen molar-refractivity contribution in [1.82, 2.24) is 10.2 Å². The number of carboxylic acid groups (broad SMARTS) is 1. The predicted molar refractivity (Wildman–Crippen MR) is 53.9 cm³/mol. The fourth-order valence-electron chi connectivity index (χ4n) is 1.28. The van der Waals surface area contributed by atoms with Crippen molar-refractivity contribution in [1.29, 1.82) is 0 Å². The Morgan fingerprint density at radius 1 is 1.36 bits per heavy atom. The van der Waals surface area contributed by atoms with E-state index in [0.717, 1.165) is 0 Å². The summed E-state index contributed by atoms with van der Waals surface area (Å²) in [5.74, 6) is -1.06. The molecule has 0 atom stereocenters. The highest BCUT2D eigenvalue weighted by Gasteiger charge is 2.10. The second-order valence-corrected chi connectivity index (χ2v) is 3.16. The molecule has 0 spiro atoms. The lowest BCUT2D eigenvalue weighted by atomic mass is 10.1. The first kappa shape index (κ1) is 8.83. The lowest BCUT2D eigenvalue weighted by Gasteiger charge is -2.00. The van der Waals surface area contributed by atoms with E-state index < -0.39 is 5.97 Å². The molecule has 0 aliphatic carbocycles. The normalized spacial score (nSPS) is 10.3. The average molecular weight is 206 g/mol. The summed E-state index contributed by atoms with van der Waals surface area (Å²) in [7, 11) is 0. The van der Waals surface area contributed by atoms with Crippen LogP contribution in [0.2, 0.25) is 0 Å². The molecule has 0 saturated heterocycles. The van der Waals surface area contributed by atoms with Crippen LogP contribution in [0.15, 0.2) is 24.3 Å². The largest absolute Gasteiger partial charge is 0.476 e. The fraction of sp³-hybridized carbons (Fsp3) is 0. The van der Waals surface area contributed by atoms with Gasteiger partial charge in [-0.15, -0.1) is 0 Å². The van der Waals surface area contributed by atoms with Crippen LogP contribution < -0.4 is 0 Å². The molecule has 14 heavy (non-hydrogen) atoms. The van der Waals surface area contributed by atoms with Gasteiger partial charge in [0.2, 0.25) is 0 Å². The summed E-state index contributed by atoms with van der Waals surface area (Å²) in [6.45, 7) is 0. The van der Waals surface area contributed by atoms with Gasteiger partial charge in [-0.1, -0.05) is 36.5 Å². The topological polar surface area (TPSA) is 66.0 Å². The van der Waals surface area contributed by atoms with E-state index >= 15 is 0 Å². The van der Waals surface area contributed by atoms with E-state index in [1.807, 2.05) is 0 Å². The molecule has 2 rings (SSSR count). The van der Waals surface area contributed by atoms with Crippen molar-refractivity contribution in [2.45, 2.75) is 0 Å². The number of H-pyrrole nitrogens is 1. The zero-order valence-corrected chi connectivity index (χ0v) is 7.84. The van der Waals surface area contributed by atoms with E-state index in [2.05, 4.69) is 10.2 Å². The summed E-state index contributed by atoms with van der Waals surface area (Å²) in [4.78, 5) is 10.8. The number of aromatic amines is 1. The van der Waals surface area contributed by atoms with Crippen molar-refractivity contribution in [2.24, 2.45) is 0 Å². The summed E-state index contributed by atoms with van der Waals surface area (Å²) < 4.78 is 0.450. The van der Waals surface area contributed by atoms with Crippen LogP contribution in [-0.4, -0.2) is 21.3 Å². The van der Waals surface area contributed by atoms with E-state index in [-0.39, 0.29) is 5.69 Å². The lowest BCUT2D eigenvalue weighted by molar-refractivity contribution is 0.0691. The van der Waals surface area contributed by atoms with Crippen LogP contribution in [0.5, 0.6) is 0 Å². The zero-order valence-electron chi connectivity index (χ0n) is 7.02. The third-order valence-corrected chi connectivity index (χ3v) is 2.21. The van der Waals surface area contributed by atoms with Crippen LogP contribution >= 0.6 is 12.2 Å². The summed E-state index contributed by atoms with van der Waals surface area (Å²) in [6, 6.07) is 7.01. The Balaban J connectivity index is 2.96. The first-order valence-corrected chi connectivity index (χ1v) is 4.31. The highest BCUT2D eigenvalue weighted by molar-refractivity contribution is 7.71. The molecule has 0 unspecified atom stereocenters. The SMILES string of the molecule is O=C(O)c1n[nH]c(=S)c2ccccc12. The van der Waals surface area contributed by atoms with E-state index in [9.17, 15) is 4.79 Å². The molecule has 1 aromatic heterocycles. The Kier molecular flexibility index (Phi) is 2.01. The van der Waals surface area contributed by atoms with Gasteiger partial charge in [0.25, 0.3) is 0 Å². The van der Waals surface area contributed by atoms with Gasteiger partial charge >= 0.3 is 5.97 Å². The summed E-state index contributed by atoms with van der Waals surface area (Å²) in [6.07, 6.45) is 0. The Labute approximate surface area is 84.2 Å². The fourth-order valence-corrected chi connectivity index (χ4v) is 1.50. The number of carboxylic acids is 1. The second-order valence-electron chi connectivity index (χ2n) is 2.75. The highest BCUT2D eigenvalue weighted by Crippen LogP contribution is 2.16. The summed E-state index contributed by atoms with van der Waals surface area (Å²) in [5.41, 5.74) is -0.00537. The van der Waals surface area contributed by atoms with Crippen LogP contribution in [0.3, 0.4) is 0 Å². The van der Waals surface area contributed by atoms with Crippen molar-refractivity contribution in [3.63, 3.8) is 0 Å². The maximum atomic E-state index is 10.8. The van der Waals surface area contributed by atoms with Gasteiger partial charge in [0.15, 0.2) is 5.69 Å². The van der Waals surface area contributed by atoms with Gasteiger partial charge in [-0.25, -0.2) is 4.79 Å². The third-order valence-electron chi connectivity index (χ3n) is 1.90. The number of benzene rings is 1. The zero-order chi connectivity index (χ0) is 10.1. The van der Waals surface area contributed by atoms with Gasteiger partial charge in [0, 0.05) is 10.8 Å². The maximum absolute atomic E-state index is 10.8. The van der Waals surface area contributed by atoms with Gasteiger partial charge in [-0.2, -0.15) is 5.10 Å². The van der Waals surface area contributed by atoms with E-state index in [1.165, 1.54) is 0 Å². The van der Waals surface area contributed by atoms with Crippen LogP contribution in [0.4, 0.5) is 0 Å². The van der Waals surface area contributed by atoms with Gasteiger partial charge < -0.3 is 5.11 Å². The summed E-state index contributed by atoms with van der Waals surface area (Å²) >= 11 is 4.99. The number of hydrogen-bond donors (Lipinski definition) is 2. The van der Waals surface area contributed by atoms with Gasteiger partial charge in [0.05, 0.1) is 0 Å². The Morgan fingerprint density at radius 3 is 2.64 bits per heavy atom. The molecule has 5 heteroatoms. The van der Waals surface area contributed by atoms with Crippen molar-refractivity contribution < 1.29 is 9.90 Å². The number of rotatable bonds is 1. The predicted octanol–water partition coefficient (Wildman–Crippen LogP) is 1.99. The van der Waals surface area contributed by atoms with Crippen LogP contribution in [0, 0.1) is 4.64 Å². The average Bonchev–Trinajstić information content (AvgIpc) is 2.18. The maximum Gasteiger partial charge on any atom is 0.356 e. The molecule has 0 radical (unpaired) electrons. The van der Waals surface area contributed by atoms with Gasteiger partial charge in [-0.05, 0) is 0 Å². The van der Waals surface area contributed by atoms with Gasteiger partial charge in [0.1, 0.15) is 4.64 Å². The van der Waals surface area contributed by atoms with Crippen LogP contribution in [0.1, 0.15) is 10.5 Å². The molecular formula is C9H6N2O2S. The molecule has 0 aliphatic heterocycles. The number of hydrogen-bond acceptors (Lipinski definition) is 3. The third kappa shape index (κ3) is 1.27. The molecule has 0 saturated carbocycles. The first-order chi connectivity index (χ1) is 6.70. The molecule has 2 N–H and O–H groups in total. The van der Waals surface area contributed by atoms with Crippen molar-refractivity contribution in [2.75, 3.05) is 0 Å². The quantitative estimate of drug-likeness (QED) is 0.700. The van der Waals surface area contributed by atoms with Gasteiger partial charge in [-0.3, -0.25) is 5.10 Å². The smallest absolute Gasteiger partial charge is 0.356 e. The molecule has 0 fully saturated rings.